The van der Waals surface area contributed by atoms with Crippen molar-refractivity contribution in [3.05, 3.63) is 0 Å². The van der Waals surface area contributed by atoms with Crippen LogP contribution in [0.3, 0.4) is 0 Å². The first-order valence-corrected chi connectivity index (χ1v) is 5.42. The van der Waals surface area contributed by atoms with Crippen LogP contribution in [-0.4, -0.2) is 23.9 Å². The van der Waals surface area contributed by atoms with Gasteiger partial charge >= 0.3 is 0 Å². The Hall–Kier alpha value is -1.04. The standard InChI is InChI=1S/C12H22N2O/c1-7-10(8-13)11(15)14(6)9(2)12(3,4)5/h9-10H,7H2,1-6H3. The van der Waals surface area contributed by atoms with Crippen molar-refractivity contribution in [2.75, 3.05) is 7.05 Å². The van der Waals surface area contributed by atoms with Crippen LogP contribution in [-0.2, 0) is 4.79 Å². The molecule has 0 aliphatic heterocycles. The molecule has 0 saturated heterocycles. The van der Waals surface area contributed by atoms with Gasteiger partial charge in [-0.1, -0.05) is 27.7 Å². The fraction of sp³-hybridized carbons (Fsp3) is 0.833. The summed E-state index contributed by atoms with van der Waals surface area (Å²) in [6.07, 6.45) is 0.580. The Balaban J connectivity index is 4.66. The van der Waals surface area contributed by atoms with Crippen LogP contribution in [0.5, 0.6) is 0 Å². The van der Waals surface area contributed by atoms with Crippen molar-refractivity contribution in [1.82, 2.24) is 4.90 Å². The molecule has 0 rings (SSSR count). The molecular weight excluding hydrogens is 188 g/mol. The van der Waals surface area contributed by atoms with E-state index in [0.717, 1.165) is 0 Å². The summed E-state index contributed by atoms with van der Waals surface area (Å²) in [6, 6.07) is 2.18. The maximum atomic E-state index is 11.9. The van der Waals surface area contributed by atoms with Crippen LogP contribution < -0.4 is 0 Å². The second kappa shape index (κ2) is 5.16. The molecule has 0 aromatic rings. The highest BCUT2D eigenvalue weighted by Crippen LogP contribution is 2.24. The highest BCUT2D eigenvalue weighted by atomic mass is 16.2. The van der Waals surface area contributed by atoms with E-state index >= 15 is 0 Å². The van der Waals surface area contributed by atoms with E-state index < -0.39 is 5.92 Å². The average Bonchev–Trinajstić information content (AvgIpc) is 2.15. The van der Waals surface area contributed by atoms with E-state index in [-0.39, 0.29) is 17.4 Å². The van der Waals surface area contributed by atoms with E-state index in [1.807, 2.05) is 19.9 Å². The van der Waals surface area contributed by atoms with Gasteiger partial charge in [0.25, 0.3) is 0 Å². The van der Waals surface area contributed by atoms with Gasteiger partial charge in [-0.15, -0.1) is 0 Å². The summed E-state index contributed by atoms with van der Waals surface area (Å²) in [7, 11) is 1.78. The van der Waals surface area contributed by atoms with E-state index in [0.29, 0.717) is 6.42 Å². The van der Waals surface area contributed by atoms with Crippen molar-refractivity contribution in [3.63, 3.8) is 0 Å². The lowest BCUT2D eigenvalue weighted by Gasteiger charge is -2.36. The molecule has 3 nitrogen and oxygen atoms in total. The number of hydrogen-bond donors (Lipinski definition) is 0. The molecule has 2 atom stereocenters. The lowest BCUT2D eigenvalue weighted by Crippen LogP contribution is -2.45. The molecule has 3 heteroatoms. The number of rotatable bonds is 3. The highest BCUT2D eigenvalue weighted by Gasteiger charge is 2.30. The number of hydrogen-bond acceptors (Lipinski definition) is 2. The Labute approximate surface area is 93.1 Å². The second-order valence-corrected chi connectivity index (χ2v) is 5.08. The Bertz CT molecular complexity index is 260. The first-order valence-electron chi connectivity index (χ1n) is 5.42. The lowest BCUT2D eigenvalue weighted by atomic mass is 9.86. The number of nitriles is 1. The molecule has 0 aromatic heterocycles. The Morgan fingerprint density at radius 3 is 2.20 bits per heavy atom. The quantitative estimate of drug-likeness (QED) is 0.718. The minimum absolute atomic E-state index is 0.0398. The SMILES string of the molecule is CCC(C#N)C(=O)N(C)C(C)C(C)(C)C. The predicted octanol–water partition coefficient (Wildman–Crippen LogP) is 2.43. The van der Waals surface area contributed by atoms with Gasteiger partial charge in [-0.3, -0.25) is 4.79 Å². The van der Waals surface area contributed by atoms with Crippen LogP contribution in [0.15, 0.2) is 0 Å². The molecular formula is C12H22N2O. The number of nitrogens with zero attached hydrogens (tertiary/aromatic N) is 2. The third kappa shape index (κ3) is 3.54. The van der Waals surface area contributed by atoms with Crippen molar-refractivity contribution in [1.29, 1.82) is 5.26 Å². The summed E-state index contributed by atoms with van der Waals surface area (Å²) in [5.41, 5.74) is 0.0398. The van der Waals surface area contributed by atoms with E-state index in [4.69, 9.17) is 5.26 Å². The fourth-order valence-corrected chi connectivity index (χ4v) is 1.34. The molecule has 0 fully saturated rings. The third-order valence-electron chi connectivity index (χ3n) is 3.04. The molecule has 0 aromatic carbocycles. The molecule has 0 spiro atoms. The molecule has 0 aliphatic rings. The highest BCUT2D eigenvalue weighted by molar-refractivity contribution is 5.81. The first-order chi connectivity index (χ1) is 6.75. The Morgan fingerprint density at radius 1 is 1.47 bits per heavy atom. The largest absolute Gasteiger partial charge is 0.341 e. The van der Waals surface area contributed by atoms with Crippen LogP contribution >= 0.6 is 0 Å². The maximum absolute atomic E-state index is 11.9. The normalized spacial score (nSPS) is 15.3. The summed E-state index contributed by atoms with van der Waals surface area (Å²) in [5.74, 6) is -0.567. The molecule has 0 aliphatic carbocycles. The molecule has 1 amide bonds. The monoisotopic (exact) mass is 210 g/mol. The van der Waals surface area contributed by atoms with Crippen molar-refractivity contribution in [3.8, 4) is 6.07 Å². The summed E-state index contributed by atoms with van der Waals surface area (Å²) in [4.78, 5) is 13.6. The molecule has 15 heavy (non-hydrogen) atoms. The maximum Gasteiger partial charge on any atom is 0.239 e. The summed E-state index contributed by atoms with van der Waals surface area (Å²) >= 11 is 0. The summed E-state index contributed by atoms with van der Waals surface area (Å²) < 4.78 is 0. The minimum Gasteiger partial charge on any atom is -0.341 e. The molecule has 0 N–H and O–H groups in total. The molecule has 0 heterocycles. The van der Waals surface area contributed by atoms with Crippen molar-refractivity contribution in [2.45, 2.75) is 47.1 Å². The van der Waals surface area contributed by atoms with E-state index in [1.54, 1.807) is 11.9 Å². The smallest absolute Gasteiger partial charge is 0.239 e. The van der Waals surface area contributed by atoms with Gasteiger partial charge in [0.15, 0.2) is 0 Å². The number of carbonyl (C=O) groups is 1. The van der Waals surface area contributed by atoms with Crippen LogP contribution in [0.2, 0.25) is 0 Å². The van der Waals surface area contributed by atoms with Gasteiger partial charge in [0.1, 0.15) is 5.92 Å². The molecule has 0 saturated carbocycles. The van der Waals surface area contributed by atoms with Crippen LogP contribution in [0.4, 0.5) is 0 Å². The number of amides is 1. The van der Waals surface area contributed by atoms with Crippen molar-refractivity contribution >= 4 is 5.91 Å². The second-order valence-electron chi connectivity index (χ2n) is 5.08. The zero-order chi connectivity index (χ0) is 12.2. The topological polar surface area (TPSA) is 44.1 Å². The van der Waals surface area contributed by atoms with E-state index in [2.05, 4.69) is 20.8 Å². The lowest BCUT2D eigenvalue weighted by molar-refractivity contribution is -0.136. The van der Waals surface area contributed by atoms with Crippen LogP contribution in [0, 0.1) is 22.7 Å². The molecule has 0 radical (unpaired) electrons. The third-order valence-corrected chi connectivity index (χ3v) is 3.04. The van der Waals surface area contributed by atoms with E-state index in [1.165, 1.54) is 0 Å². The van der Waals surface area contributed by atoms with Crippen LogP contribution in [0.1, 0.15) is 41.0 Å². The van der Waals surface area contributed by atoms with Crippen molar-refractivity contribution < 1.29 is 4.79 Å². The number of carbonyl (C=O) groups excluding carboxylic acids is 1. The zero-order valence-corrected chi connectivity index (χ0v) is 10.7. The zero-order valence-electron chi connectivity index (χ0n) is 10.7. The molecule has 2 unspecified atom stereocenters. The van der Waals surface area contributed by atoms with Gasteiger partial charge in [0.05, 0.1) is 6.07 Å². The summed E-state index contributed by atoms with van der Waals surface area (Å²) in [6.45, 7) is 10.2. The van der Waals surface area contributed by atoms with Gasteiger partial charge < -0.3 is 4.90 Å². The van der Waals surface area contributed by atoms with Gasteiger partial charge in [-0.05, 0) is 18.8 Å². The van der Waals surface area contributed by atoms with Gasteiger partial charge in [0, 0.05) is 13.1 Å². The Morgan fingerprint density at radius 2 is 1.93 bits per heavy atom. The average molecular weight is 210 g/mol. The van der Waals surface area contributed by atoms with Crippen molar-refractivity contribution in [2.24, 2.45) is 11.3 Å². The first kappa shape index (κ1) is 14.0. The minimum atomic E-state index is -0.500. The Kier molecular flexibility index (Phi) is 4.80. The molecule has 0 bridgehead atoms. The van der Waals surface area contributed by atoms with Gasteiger partial charge in [-0.2, -0.15) is 5.26 Å². The van der Waals surface area contributed by atoms with Gasteiger partial charge in [-0.25, -0.2) is 0 Å². The fourth-order valence-electron chi connectivity index (χ4n) is 1.34. The van der Waals surface area contributed by atoms with Gasteiger partial charge in [0.2, 0.25) is 5.91 Å². The molecule has 86 valence electrons. The van der Waals surface area contributed by atoms with Crippen LogP contribution in [0.25, 0.3) is 0 Å². The predicted molar refractivity (Wildman–Crippen MR) is 61.1 cm³/mol. The summed E-state index contributed by atoms with van der Waals surface area (Å²) in [5, 5.41) is 8.83. The van der Waals surface area contributed by atoms with E-state index in [9.17, 15) is 4.79 Å².